The van der Waals surface area contributed by atoms with E-state index in [9.17, 15) is 14.9 Å². The number of hydrogen-bond donors (Lipinski definition) is 2. The average molecular weight is 282 g/mol. The highest BCUT2D eigenvalue weighted by molar-refractivity contribution is 5.71. The fourth-order valence-electron chi connectivity index (χ4n) is 1.83. The molecule has 0 aliphatic carbocycles. The van der Waals surface area contributed by atoms with Gasteiger partial charge in [0.05, 0.1) is 18.5 Å². The molecule has 0 heterocycles. The molecule has 1 aromatic carbocycles. The molecule has 0 bridgehead atoms. The standard InChI is InChI=1S/C13H18N2O5/c1-8(2)10(7-12(16)17)14-9-5-4-6-11(20-3)13(9)15(18)19/h4-6,8,10,14H,7H2,1-3H3,(H,16,17). The van der Waals surface area contributed by atoms with Gasteiger partial charge in [-0.05, 0) is 18.1 Å². The molecule has 1 atom stereocenters. The van der Waals surface area contributed by atoms with E-state index in [4.69, 9.17) is 9.84 Å². The third kappa shape index (κ3) is 3.84. The van der Waals surface area contributed by atoms with Crippen LogP contribution in [0.3, 0.4) is 0 Å². The third-order valence-electron chi connectivity index (χ3n) is 2.94. The van der Waals surface area contributed by atoms with Gasteiger partial charge in [-0.2, -0.15) is 0 Å². The molecular weight excluding hydrogens is 264 g/mol. The monoisotopic (exact) mass is 282 g/mol. The lowest BCUT2D eigenvalue weighted by molar-refractivity contribution is -0.384. The number of nitrogens with zero attached hydrogens (tertiary/aromatic N) is 1. The summed E-state index contributed by atoms with van der Waals surface area (Å²) in [5.41, 5.74) is 0.0698. The summed E-state index contributed by atoms with van der Waals surface area (Å²) in [5, 5.41) is 23.0. The first-order valence-electron chi connectivity index (χ1n) is 6.16. The molecule has 0 radical (unpaired) electrons. The van der Waals surface area contributed by atoms with Gasteiger partial charge in [0.15, 0.2) is 5.75 Å². The molecule has 0 aliphatic rings. The molecule has 7 nitrogen and oxygen atoms in total. The molecule has 0 amide bonds. The summed E-state index contributed by atoms with van der Waals surface area (Å²) in [4.78, 5) is 21.4. The quantitative estimate of drug-likeness (QED) is 0.588. The molecule has 1 rings (SSSR count). The van der Waals surface area contributed by atoms with Crippen LogP contribution in [0.15, 0.2) is 18.2 Å². The van der Waals surface area contributed by atoms with Crippen molar-refractivity contribution in [3.05, 3.63) is 28.3 Å². The van der Waals surface area contributed by atoms with E-state index in [0.717, 1.165) is 0 Å². The van der Waals surface area contributed by atoms with Crippen LogP contribution in [0.2, 0.25) is 0 Å². The minimum Gasteiger partial charge on any atom is -0.490 e. The number of anilines is 1. The van der Waals surface area contributed by atoms with Crippen LogP contribution >= 0.6 is 0 Å². The van der Waals surface area contributed by atoms with Crippen molar-refractivity contribution in [3.8, 4) is 5.75 Å². The summed E-state index contributed by atoms with van der Waals surface area (Å²) in [6.07, 6.45) is -0.119. The second-order valence-corrected chi connectivity index (χ2v) is 4.71. The van der Waals surface area contributed by atoms with Crippen LogP contribution < -0.4 is 10.1 Å². The molecule has 1 aromatic rings. The number of methoxy groups -OCH3 is 1. The number of nitro groups is 1. The molecule has 0 aliphatic heterocycles. The SMILES string of the molecule is COc1cccc(NC(CC(=O)O)C(C)C)c1[N+](=O)[O-]. The zero-order valence-electron chi connectivity index (χ0n) is 11.6. The third-order valence-corrected chi connectivity index (χ3v) is 2.94. The first kappa shape index (κ1) is 15.7. The number of carbonyl (C=O) groups is 1. The number of carboxylic acid groups (broad SMARTS) is 1. The molecule has 7 heteroatoms. The van der Waals surface area contributed by atoms with Crippen LogP contribution in [0.1, 0.15) is 20.3 Å². The maximum absolute atomic E-state index is 11.1. The van der Waals surface area contributed by atoms with Gasteiger partial charge in [0.2, 0.25) is 0 Å². The molecule has 1 unspecified atom stereocenters. The van der Waals surface area contributed by atoms with Crippen molar-refractivity contribution in [1.29, 1.82) is 0 Å². The lowest BCUT2D eigenvalue weighted by atomic mass is 10.0. The van der Waals surface area contributed by atoms with Gasteiger partial charge in [0.1, 0.15) is 5.69 Å². The molecule has 0 saturated heterocycles. The number of nitro benzene ring substituents is 1. The number of hydrogen-bond acceptors (Lipinski definition) is 5. The van der Waals surface area contributed by atoms with E-state index in [1.165, 1.54) is 19.2 Å². The maximum Gasteiger partial charge on any atom is 0.333 e. The highest BCUT2D eigenvalue weighted by atomic mass is 16.6. The van der Waals surface area contributed by atoms with Crippen molar-refractivity contribution in [2.75, 3.05) is 12.4 Å². The molecule has 0 aromatic heterocycles. The van der Waals surface area contributed by atoms with Crippen molar-refractivity contribution in [1.82, 2.24) is 0 Å². The van der Waals surface area contributed by atoms with Crippen molar-refractivity contribution in [2.45, 2.75) is 26.3 Å². The van der Waals surface area contributed by atoms with Gasteiger partial charge in [-0.25, -0.2) is 0 Å². The number of carboxylic acids is 1. The predicted molar refractivity (Wildman–Crippen MR) is 74.1 cm³/mol. The van der Waals surface area contributed by atoms with Crippen molar-refractivity contribution >= 4 is 17.3 Å². The Morgan fingerprint density at radius 1 is 1.50 bits per heavy atom. The van der Waals surface area contributed by atoms with Crippen LogP contribution in [-0.4, -0.2) is 29.2 Å². The maximum atomic E-state index is 11.1. The number of aliphatic carboxylic acids is 1. The second-order valence-electron chi connectivity index (χ2n) is 4.71. The van der Waals surface area contributed by atoms with Crippen molar-refractivity contribution < 1.29 is 19.6 Å². The van der Waals surface area contributed by atoms with Gasteiger partial charge in [-0.15, -0.1) is 0 Å². The van der Waals surface area contributed by atoms with Gasteiger partial charge < -0.3 is 15.2 Å². The van der Waals surface area contributed by atoms with E-state index in [0.29, 0.717) is 0 Å². The number of nitrogens with one attached hydrogen (secondary N) is 1. The Labute approximate surface area is 116 Å². The lowest BCUT2D eigenvalue weighted by Gasteiger charge is -2.22. The summed E-state index contributed by atoms with van der Waals surface area (Å²) in [7, 11) is 1.35. The van der Waals surface area contributed by atoms with Gasteiger partial charge in [-0.3, -0.25) is 14.9 Å². The summed E-state index contributed by atoms with van der Waals surface area (Å²) in [6, 6.07) is 4.24. The zero-order chi connectivity index (χ0) is 15.3. The Morgan fingerprint density at radius 2 is 2.15 bits per heavy atom. The Kier molecular flexibility index (Phi) is 5.31. The summed E-state index contributed by atoms with van der Waals surface area (Å²) in [6.45, 7) is 3.71. The zero-order valence-corrected chi connectivity index (χ0v) is 11.6. The first-order valence-corrected chi connectivity index (χ1v) is 6.16. The summed E-state index contributed by atoms with van der Waals surface area (Å²) in [5.74, 6) is -0.809. The molecule has 110 valence electrons. The highest BCUT2D eigenvalue weighted by Crippen LogP contribution is 2.35. The molecule has 2 N–H and O–H groups in total. The topological polar surface area (TPSA) is 102 Å². The predicted octanol–water partition coefficient (Wildman–Crippen LogP) is 2.51. The van der Waals surface area contributed by atoms with E-state index in [2.05, 4.69) is 5.32 Å². The van der Waals surface area contributed by atoms with Gasteiger partial charge in [0, 0.05) is 6.04 Å². The van der Waals surface area contributed by atoms with Crippen LogP contribution in [0.5, 0.6) is 5.75 Å². The molecule has 0 fully saturated rings. The Balaban J connectivity index is 3.12. The van der Waals surface area contributed by atoms with E-state index >= 15 is 0 Å². The number of benzene rings is 1. The minimum atomic E-state index is -0.957. The van der Waals surface area contributed by atoms with E-state index in [-0.39, 0.29) is 29.5 Å². The fraction of sp³-hybridized carbons (Fsp3) is 0.462. The van der Waals surface area contributed by atoms with Gasteiger partial charge in [-0.1, -0.05) is 19.9 Å². The molecular formula is C13H18N2O5. The number of rotatable bonds is 7. The van der Waals surface area contributed by atoms with Gasteiger partial charge in [0.25, 0.3) is 0 Å². The molecule has 0 spiro atoms. The Bertz CT molecular complexity index is 502. The molecule has 0 saturated carbocycles. The minimum absolute atomic E-state index is 0.0110. The summed E-state index contributed by atoms with van der Waals surface area (Å²) >= 11 is 0. The highest BCUT2D eigenvalue weighted by Gasteiger charge is 2.24. The second kappa shape index (κ2) is 6.74. The van der Waals surface area contributed by atoms with Crippen LogP contribution in [0, 0.1) is 16.0 Å². The van der Waals surface area contributed by atoms with Crippen molar-refractivity contribution in [2.24, 2.45) is 5.92 Å². The fourth-order valence-corrected chi connectivity index (χ4v) is 1.83. The average Bonchev–Trinajstić information content (AvgIpc) is 2.36. The van der Waals surface area contributed by atoms with E-state index in [1.54, 1.807) is 6.07 Å². The molecule has 20 heavy (non-hydrogen) atoms. The number of para-hydroxylation sites is 1. The van der Waals surface area contributed by atoms with E-state index in [1.807, 2.05) is 13.8 Å². The van der Waals surface area contributed by atoms with Crippen molar-refractivity contribution in [3.63, 3.8) is 0 Å². The summed E-state index contributed by atoms with van der Waals surface area (Å²) < 4.78 is 4.97. The normalized spacial score (nSPS) is 12.0. The number of ether oxygens (including phenoxy) is 1. The largest absolute Gasteiger partial charge is 0.490 e. The Hall–Kier alpha value is -2.31. The smallest absolute Gasteiger partial charge is 0.333 e. The lowest BCUT2D eigenvalue weighted by Crippen LogP contribution is -2.28. The van der Waals surface area contributed by atoms with Crippen LogP contribution in [-0.2, 0) is 4.79 Å². The van der Waals surface area contributed by atoms with Crippen LogP contribution in [0.4, 0.5) is 11.4 Å². The van der Waals surface area contributed by atoms with Crippen LogP contribution in [0.25, 0.3) is 0 Å². The Morgan fingerprint density at radius 3 is 2.60 bits per heavy atom. The van der Waals surface area contributed by atoms with Gasteiger partial charge >= 0.3 is 11.7 Å². The first-order chi connectivity index (χ1) is 9.36. The van der Waals surface area contributed by atoms with E-state index < -0.39 is 16.9 Å².